The standard InChI is InChI=1S/C35H28FNO3S/c1-21(23-11-13-25(14-12-23)35(39)40)37-34(38)30-18-27(24-6-3-2-4-7-24)19-32-33(30)28(20-41-32)17-22-10-15-29-26(16-22)8-5-9-31(29)36/h2-16,18-21,32-33H,17H2,1H3,(H,37,38)(H,39,40)/t21-,32?,33?/m0/s1. The summed E-state index contributed by atoms with van der Waals surface area (Å²) < 4.78 is 14.2. The van der Waals surface area contributed by atoms with Gasteiger partial charge in [-0.3, -0.25) is 4.79 Å². The average Bonchev–Trinajstić information content (AvgIpc) is 3.39. The number of fused-ring (bicyclic) bond motifs is 2. The minimum Gasteiger partial charge on any atom is -0.478 e. The summed E-state index contributed by atoms with van der Waals surface area (Å²) in [6, 6.07) is 27.3. The van der Waals surface area contributed by atoms with Crippen LogP contribution in [0.2, 0.25) is 0 Å². The number of allylic oxidation sites excluding steroid dienone is 3. The molecule has 2 aliphatic rings. The number of nitrogens with one attached hydrogen (secondary N) is 1. The van der Waals surface area contributed by atoms with Gasteiger partial charge < -0.3 is 10.4 Å². The molecule has 41 heavy (non-hydrogen) atoms. The minimum atomic E-state index is -0.985. The van der Waals surface area contributed by atoms with Crippen LogP contribution in [0.25, 0.3) is 16.3 Å². The number of hydrogen-bond donors (Lipinski definition) is 2. The molecule has 4 nitrogen and oxygen atoms in total. The van der Waals surface area contributed by atoms with E-state index in [-0.39, 0.29) is 34.5 Å². The summed E-state index contributed by atoms with van der Waals surface area (Å²) in [5.41, 5.74) is 6.03. The van der Waals surface area contributed by atoms with Crippen LogP contribution in [0.5, 0.6) is 0 Å². The summed E-state index contributed by atoms with van der Waals surface area (Å²) in [5.74, 6) is -1.46. The maximum Gasteiger partial charge on any atom is 0.335 e. The van der Waals surface area contributed by atoms with Crippen molar-refractivity contribution in [1.29, 1.82) is 0 Å². The molecule has 1 aliphatic carbocycles. The molecular weight excluding hydrogens is 533 g/mol. The van der Waals surface area contributed by atoms with Gasteiger partial charge >= 0.3 is 5.97 Å². The first kappa shape index (κ1) is 26.8. The van der Waals surface area contributed by atoms with Crippen molar-refractivity contribution in [2.75, 3.05) is 0 Å². The molecule has 0 fully saturated rings. The first-order chi connectivity index (χ1) is 19.9. The lowest BCUT2D eigenvalue weighted by molar-refractivity contribution is -0.118. The molecule has 0 aromatic heterocycles. The van der Waals surface area contributed by atoms with Crippen molar-refractivity contribution in [3.8, 4) is 0 Å². The molecular formula is C35H28FNO3S. The number of aromatic carboxylic acids is 1. The third kappa shape index (κ3) is 5.48. The van der Waals surface area contributed by atoms with E-state index in [1.807, 2.05) is 67.6 Å². The van der Waals surface area contributed by atoms with Gasteiger partial charge in [-0.05, 0) is 70.7 Å². The number of halogens is 1. The van der Waals surface area contributed by atoms with E-state index in [2.05, 4.69) is 16.8 Å². The van der Waals surface area contributed by atoms with Crippen LogP contribution in [-0.4, -0.2) is 22.2 Å². The second kappa shape index (κ2) is 11.2. The summed E-state index contributed by atoms with van der Waals surface area (Å²) in [6.45, 7) is 1.90. The zero-order chi connectivity index (χ0) is 28.5. The van der Waals surface area contributed by atoms with Gasteiger partial charge in [0.25, 0.3) is 0 Å². The Kier molecular flexibility index (Phi) is 7.33. The van der Waals surface area contributed by atoms with E-state index in [1.54, 1.807) is 42.1 Å². The highest BCUT2D eigenvalue weighted by Crippen LogP contribution is 2.47. The Bertz CT molecular complexity index is 1740. The first-order valence-electron chi connectivity index (χ1n) is 13.5. The van der Waals surface area contributed by atoms with Crippen molar-refractivity contribution in [2.45, 2.75) is 24.6 Å². The number of carboxylic acid groups (broad SMARTS) is 1. The summed E-state index contributed by atoms with van der Waals surface area (Å²) >= 11 is 1.72. The fraction of sp³-hybridized carbons (Fsp3) is 0.143. The summed E-state index contributed by atoms with van der Waals surface area (Å²) in [7, 11) is 0. The predicted molar refractivity (Wildman–Crippen MR) is 163 cm³/mol. The number of rotatable bonds is 7. The van der Waals surface area contributed by atoms with Gasteiger partial charge in [0.05, 0.1) is 11.6 Å². The van der Waals surface area contributed by atoms with E-state index in [1.165, 1.54) is 6.07 Å². The zero-order valence-corrected chi connectivity index (χ0v) is 23.2. The minimum absolute atomic E-state index is 0.0778. The Morgan fingerprint density at radius 2 is 1.76 bits per heavy atom. The topological polar surface area (TPSA) is 66.4 Å². The molecule has 204 valence electrons. The zero-order valence-electron chi connectivity index (χ0n) is 22.4. The Balaban J connectivity index is 1.29. The van der Waals surface area contributed by atoms with Crippen LogP contribution in [0.3, 0.4) is 0 Å². The predicted octanol–water partition coefficient (Wildman–Crippen LogP) is 7.74. The number of thioether (sulfide) groups is 1. The molecule has 0 spiro atoms. The van der Waals surface area contributed by atoms with Crippen molar-refractivity contribution in [3.05, 3.63) is 148 Å². The van der Waals surface area contributed by atoms with Crippen LogP contribution in [0.4, 0.5) is 4.39 Å². The Morgan fingerprint density at radius 1 is 0.976 bits per heavy atom. The molecule has 4 aromatic carbocycles. The van der Waals surface area contributed by atoms with E-state index in [4.69, 9.17) is 0 Å². The van der Waals surface area contributed by atoms with Crippen molar-refractivity contribution < 1.29 is 19.1 Å². The number of carbonyl (C=O) groups is 2. The fourth-order valence-electron chi connectivity index (χ4n) is 5.61. The number of benzene rings is 4. The Hall–Kier alpha value is -4.42. The molecule has 4 aromatic rings. The van der Waals surface area contributed by atoms with Crippen molar-refractivity contribution in [1.82, 2.24) is 5.32 Å². The second-order valence-corrected chi connectivity index (χ2v) is 11.5. The fourth-order valence-corrected chi connectivity index (χ4v) is 6.87. The first-order valence-corrected chi connectivity index (χ1v) is 14.5. The number of hydrogen-bond acceptors (Lipinski definition) is 3. The second-order valence-electron chi connectivity index (χ2n) is 10.5. The Morgan fingerprint density at radius 3 is 2.51 bits per heavy atom. The molecule has 1 aliphatic heterocycles. The summed E-state index contributed by atoms with van der Waals surface area (Å²) in [6.07, 6.45) is 4.91. The van der Waals surface area contributed by atoms with Crippen molar-refractivity contribution >= 4 is 40.0 Å². The van der Waals surface area contributed by atoms with Gasteiger partial charge in [-0.2, -0.15) is 0 Å². The average molecular weight is 562 g/mol. The monoisotopic (exact) mass is 561 g/mol. The van der Waals surface area contributed by atoms with E-state index in [0.29, 0.717) is 17.4 Å². The van der Waals surface area contributed by atoms with Crippen LogP contribution in [0.15, 0.2) is 120 Å². The highest BCUT2D eigenvalue weighted by atomic mass is 32.2. The van der Waals surface area contributed by atoms with Gasteiger partial charge in [-0.15, -0.1) is 11.8 Å². The van der Waals surface area contributed by atoms with Crippen LogP contribution in [0, 0.1) is 11.7 Å². The van der Waals surface area contributed by atoms with E-state index in [0.717, 1.165) is 33.2 Å². The maximum absolute atomic E-state index is 14.2. The largest absolute Gasteiger partial charge is 0.478 e. The molecule has 6 rings (SSSR count). The lowest BCUT2D eigenvalue weighted by Gasteiger charge is -2.29. The third-order valence-electron chi connectivity index (χ3n) is 7.77. The number of carboxylic acids is 1. The molecule has 0 radical (unpaired) electrons. The van der Waals surface area contributed by atoms with E-state index < -0.39 is 5.97 Å². The quantitative estimate of drug-likeness (QED) is 0.242. The van der Waals surface area contributed by atoms with Gasteiger partial charge in [0.15, 0.2) is 0 Å². The van der Waals surface area contributed by atoms with Crippen LogP contribution in [-0.2, 0) is 11.2 Å². The van der Waals surface area contributed by atoms with Crippen molar-refractivity contribution in [2.24, 2.45) is 5.92 Å². The van der Waals surface area contributed by atoms with Crippen LogP contribution < -0.4 is 5.32 Å². The van der Waals surface area contributed by atoms with Crippen LogP contribution >= 0.6 is 11.8 Å². The lowest BCUT2D eigenvalue weighted by Crippen LogP contribution is -2.34. The number of amides is 1. The third-order valence-corrected chi connectivity index (χ3v) is 8.93. The van der Waals surface area contributed by atoms with E-state index in [9.17, 15) is 19.1 Å². The Labute approximate surface area is 242 Å². The molecule has 0 saturated heterocycles. The SMILES string of the molecule is C[C@H](NC(=O)C1=CC(c2ccccc2)=CC2SC=C(Cc3ccc4c(F)cccc4c3)C12)c1ccc(C(=O)O)cc1. The molecule has 2 N–H and O–H groups in total. The highest BCUT2D eigenvalue weighted by molar-refractivity contribution is 8.03. The lowest BCUT2D eigenvalue weighted by atomic mass is 9.79. The normalized spacial score (nSPS) is 18.6. The summed E-state index contributed by atoms with van der Waals surface area (Å²) in [4.78, 5) is 25.2. The molecule has 0 bridgehead atoms. The van der Waals surface area contributed by atoms with Gasteiger partial charge in [0, 0.05) is 22.1 Å². The maximum atomic E-state index is 14.2. The molecule has 0 saturated carbocycles. The highest BCUT2D eigenvalue weighted by Gasteiger charge is 2.38. The summed E-state index contributed by atoms with van der Waals surface area (Å²) in [5, 5.41) is 16.1. The van der Waals surface area contributed by atoms with Gasteiger partial charge in [0.1, 0.15) is 5.82 Å². The molecule has 3 atom stereocenters. The smallest absolute Gasteiger partial charge is 0.335 e. The molecule has 1 amide bonds. The number of carbonyl (C=O) groups excluding carboxylic acids is 1. The molecule has 2 unspecified atom stereocenters. The van der Waals surface area contributed by atoms with Gasteiger partial charge in [-0.1, -0.05) is 84.4 Å². The molecule has 6 heteroatoms. The van der Waals surface area contributed by atoms with Gasteiger partial charge in [0.2, 0.25) is 5.91 Å². The molecule has 1 heterocycles. The van der Waals surface area contributed by atoms with Crippen molar-refractivity contribution in [3.63, 3.8) is 0 Å². The van der Waals surface area contributed by atoms with Crippen LogP contribution in [0.1, 0.15) is 40.0 Å². The van der Waals surface area contributed by atoms with E-state index >= 15 is 0 Å². The van der Waals surface area contributed by atoms with Gasteiger partial charge in [-0.25, -0.2) is 9.18 Å².